The molecule has 0 aromatic rings. The second kappa shape index (κ2) is 9.32. The number of carboxylic acid groups (broad SMARTS) is 1. The highest BCUT2D eigenvalue weighted by molar-refractivity contribution is 7.80. The number of aliphatic hydroxyl groups is 5. The van der Waals surface area contributed by atoms with E-state index in [2.05, 4.69) is 9.50 Å². The maximum absolute atomic E-state index is 11.4. The fraction of sp³-hybridized carbons (Fsp3) is 0.846. The van der Waals surface area contributed by atoms with E-state index in [1.54, 1.807) is 0 Å². The molecule has 1 amide bonds. The molecule has 0 radical (unpaired) electrons. The third kappa shape index (κ3) is 5.59. The zero-order valence-corrected chi connectivity index (χ0v) is 15.9. The quantitative estimate of drug-likeness (QED) is 0.171. The average molecular weight is 463 g/mol. The number of carbonyl (C=O) groups excluding carboxylic acids is 1. The first-order valence-corrected chi connectivity index (χ1v) is 9.61. The van der Waals surface area contributed by atoms with E-state index in [4.69, 9.17) is 23.9 Å². The summed E-state index contributed by atoms with van der Waals surface area (Å²) in [6, 6.07) is -1.64. The second-order valence-electron chi connectivity index (χ2n) is 6.47. The van der Waals surface area contributed by atoms with E-state index in [1.165, 1.54) is 0 Å². The first kappa shape index (κ1) is 24.8. The van der Waals surface area contributed by atoms with Crippen LogP contribution in [0.5, 0.6) is 0 Å². The number of nitrogens with one attached hydrogen (secondary N) is 1. The van der Waals surface area contributed by atoms with Crippen LogP contribution in [0.3, 0.4) is 0 Å². The third-order valence-corrected chi connectivity index (χ3v) is 4.67. The van der Waals surface area contributed by atoms with Gasteiger partial charge in [0.1, 0.15) is 36.6 Å². The van der Waals surface area contributed by atoms with E-state index in [0.29, 0.717) is 0 Å². The minimum absolute atomic E-state index is 0.776. The first-order chi connectivity index (χ1) is 13.7. The molecule has 2 saturated heterocycles. The minimum atomic E-state index is -5.19. The molecule has 10 atom stereocenters. The maximum atomic E-state index is 11.4. The summed E-state index contributed by atoms with van der Waals surface area (Å²) in [5.41, 5.74) is 0. The molecule has 0 bridgehead atoms. The molecule has 17 heteroatoms. The lowest BCUT2D eigenvalue weighted by molar-refractivity contribution is -0.350. The van der Waals surface area contributed by atoms with Crippen molar-refractivity contribution in [2.75, 3.05) is 0 Å². The molecule has 2 aliphatic rings. The van der Waals surface area contributed by atoms with Crippen LogP contribution in [0.1, 0.15) is 6.92 Å². The molecule has 0 unspecified atom stereocenters. The summed E-state index contributed by atoms with van der Waals surface area (Å²) in [7, 11) is -5.19. The Labute approximate surface area is 168 Å². The predicted molar refractivity (Wildman–Crippen MR) is 86.3 cm³/mol. The number of aliphatic hydroxyl groups excluding tert-OH is 5. The van der Waals surface area contributed by atoms with Crippen LogP contribution in [0.25, 0.3) is 0 Å². The van der Waals surface area contributed by atoms with Gasteiger partial charge >= 0.3 is 16.4 Å². The molecule has 2 heterocycles. The molecule has 2 rings (SSSR count). The lowest BCUT2D eigenvalue weighted by atomic mass is 9.97. The van der Waals surface area contributed by atoms with Crippen molar-refractivity contribution in [1.29, 1.82) is 0 Å². The van der Waals surface area contributed by atoms with Crippen LogP contribution >= 0.6 is 0 Å². The van der Waals surface area contributed by atoms with Gasteiger partial charge in [0.15, 0.2) is 18.7 Å². The number of rotatable bonds is 6. The normalized spacial score (nSPS) is 42.5. The number of ether oxygens (including phenoxy) is 3. The number of aliphatic carboxylic acids is 1. The second-order valence-corrected chi connectivity index (χ2v) is 7.52. The highest BCUT2D eigenvalue weighted by atomic mass is 32.3. The highest BCUT2D eigenvalue weighted by Gasteiger charge is 2.53. The van der Waals surface area contributed by atoms with Crippen LogP contribution in [0, 0.1) is 0 Å². The maximum Gasteiger partial charge on any atom is 0.399 e. The zero-order chi connectivity index (χ0) is 23.0. The largest absolute Gasteiger partial charge is 0.479 e. The molecule has 0 aromatic carbocycles. The molecule has 174 valence electrons. The molecule has 2 fully saturated rings. The Morgan fingerprint density at radius 1 is 0.933 bits per heavy atom. The van der Waals surface area contributed by atoms with Gasteiger partial charge in [-0.3, -0.25) is 9.35 Å². The Kier molecular flexibility index (Phi) is 7.69. The van der Waals surface area contributed by atoms with Crippen molar-refractivity contribution in [3.63, 3.8) is 0 Å². The van der Waals surface area contributed by atoms with Gasteiger partial charge < -0.3 is 50.2 Å². The fourth-order valence-electron chi connectivity index (χ4n) is 2.90. The van der Waals surface area contributed by atoms with Crippen molar-refractivity contribution in [2.24, 2.45) is 0 Å². The van der Waals surface area contributed by atoms with Crippen LogP contribution in [0.4, 0.5) is 0 Å². The summed E-state index contributed by atoms with van der Waals surface area (Å²) in [6.07, 6.45) is -18.7. The van der Waals surface area contributed by atoms with Gasteiger partial charge in [-0.05, 0) is 0 Å². The molecular weight excluding hydrogens is 442 g/mol. The van der Waals surface area contributed by atoms with Crippen molar-refractivity contribution in [3.05, 3.63) is 0 Å². The number of carboxylic acids is 1. The van der Waals surface area contributed by atoms with E-state index in [1.807, 2.05) is 0 Å². The summed E-state index contributed by atoms with van der Waals surface area (Å²) in [4.78, 5) is 22.6. The number of hydrogen-bond acceptors (Lipinski definition) is 13. The summed E-state index contributed by atoms with van der Waals surface area (Å²) in [5, 5.41) is 61.1. The van der Waals surface area contributed by atoms with Gasteiger partial charge in [0.2, 0.25) is 12.2 Å². The van der Waals surface area contributed by atoms with Crippen LogP contribution < -0.4 is 5.32 Å². The van der Waals surface area contributed by atoms with Crippen molar-refractivity contribution in [2.45, 2.75) is 68.5 Å². The molecule has 2 aliphatic heterocycles. The summed E-state index contributed by atoms with van der Waals surface area (Å²) in [5.74, 6) is -2.51. The number of hydrogen-bond donors (Lipinski definition) is 8. The molecule has 16 nitrogen and oxygen atoms in total. The van der Waals surface area contributed by atoms with Gasteiger partial charge in [0.25, 0.3) is 0 Å². The SMILES string of the molecule is CC(=O)N[C@H]1[C@H](O[C@H]2O[C@@H](C(=O)O)[C@H](O)[C@@H](O)[C@@H]2O)[C@@H](O)[C@@H](OS(=O)(=O)O)O[C@H]1O. The van der Waals surface area contributed by atoms with Crippen LogP contribution in [-0.2, 0) is 38.4 Å². The van der Waals surface area contributed by atoms with Gasteiger partial charge in [-0.1, -0.05) is 0 Å². The highest BCUT2D eigenvalue weighted by Crippen LogP contribution is 2.29. The van der Waals surface area contributed by atoms with Crippen molar-refractivity contribution < 1.29 is 71.6 Å². The van der Waals surface area contributed by atoms with Crippen molar-refractivity contribution in [3.8, 4) is 0 Å². The molecule has 0 aromatic heterocycles. The van der Waals surface area contributed by atoms with Gasteiger partial charge in [0, 0.05) is 6.92 Å². The van der Waals surface area contributed by atoms with E-state index >= 15 is 0 Å². The third-order valence-electron chi connectivity index (χ3n) is 4.24. The topological polar surface area (TPSA) is 259 Å². The van der Waals surface area contributed by atoms with E-state index in [9.17, 15) is 43.5 Å². The molecule has 0 spiro atoms. The number of amides is 1. The monoisotopic (exact) mass is 463 g/mol. The van der Waals surface area contributed by atoms with Crippen molar-refractivity contribution in [1.82, 2.24) is 5.32 Å². The molecular formula is C13H21NO15S. The lowest BCUT2D eigenvalue weighted by Crippen LogP contribution is -2.67. The summed E-state index contributed by atoms with van der Waals surface area (Å²) < 4.78 is 49.5. The Balaban J connectivity index is 2.31. The minimum Gasteiger partial charge on any atom is -0.479 e. The summed E-state index contributed by atoms with van der Waals surface area (Å²) >= 11 is 0. The Hall–Kier alpha value is -1.51. The molecule has 30 heavy (non-hydrogen) atoms. The standard InChI is InChI=1S/C13H21NO15S/c1-2(15)14-3-8(7(19)13(28-11(3)22)29-30(23,24)25)26-12-6(18)4(16)5(17)9(27-12)10(20)21/h3-9,11-13,16-19,22H,1H3,(H,14,15)(H,20,21)(H,23,24,25)/t3-,4+,5+,6-,7+,8-,9+,11+,12-,13+/m0/s1. The van der Waals surface area contributed by atoms with Crippen LogP contribution in [0.15, 0.2) is 0 Å². The van der Waals surface area contributed by atoms with E-state index in [-0.39, 0.29) is 0 Å². The van der Waals surface area contributed by atoms with Crippen LogP contribution in [0.2, 0.25) is 0 Å². The lowest BCUT2D eigenvalue weighted by Gasteiger charge is -2.45. The van der Waals surface area contributed by atoms with Gasteiger partial charge in [-0.15, -0.1) is 0 Å². The van der Waals surface area contributed by atoms with Crippen molar-refractivity contribution >= 4 is 22.3 Å². The number of carbonyl (C=O) groups is 2. The average Bonchev–Trinajstić information content (AvgIpc) is 2.60. The van der Waals surface area contributed by atoms with Crippen LogP contribution in [-0.4, -0.2) is 117 Å². The first-order valence-electron chi connectivity index (χ1n) is 8.25. The zero-order valence-electron chi connectivity index (χ0n) is 15.1. The molecule has 8 N–H and O–H groups in total. The smallest absolute Gasteiger partial charge is 0.399 e. The Bertz CT molecular complexity index is 745. The van der Waals surface area contributed by atoms with E-state index in [0.717, 1.165) is 6.92 Å². The Morgan fingerprint density at radius 3 is 2.03 bits per heavy atom. The summed E-state index contributed by atoms with van der Waals surface area (Å²) in [6.45, 7) is 1.00. The van der Waals surface area contributed by atoms with Gasteiger partial charge in [-0.2, -0.15) is 8.42 Å². The molecule has 0 saturated carbocycles. The van der Waals surface area contributed by atoms with E-state index < -0.39 is 83.8 Å². The fourth-order valence-corrected chi connectivity index (χ4v) is 3.30. The Morgan fingerprint density at radius 2 is 1.53 bits per heavy atom. The van der Waals surface area contributed by atoms with Gasteiger partial charge in [0.05, 0.1) is 0 Å². The molecule has 0 aliphatic carbocycles. The van der Waals surface area contributed by atoms with Gasteiger partial charge in [-0.25, -0.2) is 8.98 Å². The predicted octanol–water partition coefficient (Wildman–Crippen LogP) is -5.38.